The quantitative estimate of drug-likeness (QED) is 0.283. The van der Waals surface area contributed by atoms with Crippen LogP contribution in [0, 0.1) is 4.77 Å². The summed E-state index contributed by atoms with van der Waals surface area (Å²) in [5.74, 6) is -1.01. The van der Waals surface area contributed by atoms with Crippen LogP contribution in [-0.2, 0) is 11.3 Å². The zero-order valence-corrected chi connectivity index (χ0v) is 17.0. The summed E-state index contributed by atoms with van der Waals surface area (Å²) in [6.07, 6.45) is -0.0474. The molecule has 0 saturated carbocycles. The lowest BCUT2D eigenvalue weighted by molar-refractivity contribution is -0.122. The molecule has 156 valence electrons. The molecule has 9 nitrogen and oxygen atoms in total. The van der Waals surface area contributed by atoms with Gasteiger partial charge < -0.3 is 4.98 Å². The fourth-order valence-corrected chi connectivity index (χ4v) is 3.35. The number of benzene rings is 2. The van der Waals surface area contributed by atoms with E-state index in [0.717, 1.165) is 5.56 Å². The minimum absolute atomic E-state index is 0.0474. The van der Waals surface area contributed by atoms with Gasteiger partial charge in [-0.15, -0.1) is 0 Å². The summed E-state index contributed by atoms with van der Waals surface area (Å²) in [7, 11) is 0. The van der Waals surface area contributed by atoms with Gasteiger partial charge in [-0.25, -0.2) is 0 Å². The maximum absolute atomic E-state index is 12.6. The van der Waals surface area contributed by atoms with E-state index in [-0.39, 0.29) is 29.0 Å². The molecule has 4 N–H and O–H groups in total. The number of amides is 2. The fraction of sp³-hybridized carbons (Fsp3) is 0.0952. The van der Waals surface area contributed by atoms with Gasteiger partial charge in [0.25, 0.3) is 11.5 Å². The summed E-state index contributed by atoms with van der Waals surface area (Å²) in [5, 5.41) is 7.23. The molecule has 10 heteroatoms. The van der Waals surface area contributed by atoms with Crippen molar-refractivity contribution in [2.24, 2.45) is 0 Å². The van der Waals surface area contributed by atoms with Crippen LogP contribution in [-0.4, -0.2) is 31.6 Å². The average molecular weight is 434 g/mol. The van der Waals surface area contributed by atoms with Gasteiger partial charge in [0, 0.05) is 18.5 Å². The Morgan fingerprint density at radius 2 is 1.77 bits per heavy atom. The number of carbonyl (C=O) groups is 2. The smallest absolute Gasteiger partial charge is 0.287 e. The monoisotopic (exact) mass is 434 g/mol. The predicted molar refractivity (Wildman–Crippen MR) is 118 cm³/mol. The minimum atomic E-state index is -0.539. The van der Waals surface area contributed by atoms with Gasteiger partial charge in [-0.3, -0.25) is 34.9 Å². The molecule has 0 saturated heterocycles. The molecule has 0 radical (unpaired) electrons. The number of hydrogen-bond acceptors (Lipinski definition) is 5. The molecule has 4 aromatic rings. The normalized spacial score (nSPS) is 10.7. The van der Waals surface area contributed by atoms with Crippen LogP contribution in [0.2, 0.25) is 0 Å². The highest BCUT2D eigenvalue weighted by Crippen LogP contribution is 2.16. The molecule has 2 amide bonds. The third kappa shape index (κ3) is 4.43. The molecule has 0 unspecified atom stereocenters. The lowest BCUT2D eigenvalue weighted by Crippen LogP contribution is -2.42. The molecule has 2 heterocycles. The number of nitrogens with one attached hydrogen (secondary N) is 4. The van der Waals surface area contributed by atoms with Crippen molar-refractivity contribution in [2.75, 3.05) is 0 Å². The van der Waals surface area contributed by atoms with Crippen molar-refractivity contribution in [3.8, 4) is 11.3 Å². The molecule has 0 bridgehead atoms. The molecule has 0 spiro atoms. The van der Waals surface area contributed by atoms with Gasteiger partial charge in [0.15, 0.2) is 4.77 Å². The summed E-state index contributed by atoms with van der Waals surface area (Å²) in [4.78, 5) is 40.0. The van der Waals surface area contributed by atoms with E-state index in [1.807, 2.05) is 30.3 Å². The zero-order valence-electron chi connectivity index (χ0n) is 16.2. The van der Waals surface area contributed by atoms with Crippen molar-refractivity contribution < 1.29 is 9.59 Å². The maximum atomic E-state index is 12.6. The second-order valence-corrected chi connectivity index (χ2v) is 7.10. The summed E-state index contributed by atoms with van der Waals surface area (Å²) in [6, 6.07) is 18.0. The number of hydrogen-bond donors (Lipinski definition) is 4. The zero-order chi connectivity index (χ0) is 21.8. The average Bonchev–Trinajstić information content (AvgIpc) is 3.28. The van der Waals surface area contributed by atoms with Gasteiger partial charge in [-0.1, -0.05) is 42.5 Å². The largest absolute Gasteiger partial charge is 0.332 e. The van der Waals surface area contributed by atoms with E-state index in [9.17, 15) is 14.4 Å². The minimum Gasteiger partial charge on any atom is -0.332 e. The van der Waals surface area contributed by atoms with Crippen LogP contribution < -0.4 is 16.4 Å². The Labute approximate surface area is 181 Å². The van der Waals surface area contributed by atoms with Crippen LogP contribution in [0.5, 0.6) is 0 Å². The Morgan fingerprint density at radius 3 is 2.58 bits per heavy atom. The van der Waals surface area contributed by atoms with Crippen LogP contribution in [0.15, 0.2) is 65.5 Å². The third-order valence-corrected chi connectivity index (χ3v) is 4.98. The van der Waals surface area contributed by atoms with E-state index in [0.29, 0.717) is 16.6 Å². The SMILES string of the molecule is O=C(CCn1c(=S)[nH]c2ccccc2c1=O)NNC(=O)c1cc(-c2ccccc2)n[nH]1. The van der Waals surface area contributed by atoms with E-state index in [4.69, 9.17) is 12.2 Å². The van der Waals surface area contributed by atoms with Gasteiger partial charge in [-0.05, 0) is 30.4 Å². The number of hydrazine groups is 1. The lowest BCUT2D eigenvalue weighted by atomic mass is 10.1. The third-order valence-electron chi connectivity index (χ3n) is 4.66. The number of H-pyrrole nitrogens is 2. The first-order chi connectivity index (χ1) is 15.0. The Bertz CT molecular complexity index is 1370. The van der Waals surface area contributed by atoms with Gasteiger partial charge in [0.1, 0.15) is 5.69 Å². The molecule has 0 fully saturated rings. The van der Waals surface area contributed by atoms with E-state index < -0.39 is 11.8 Å². The van der Waals surface area contributed by atoms with E-state index in [1.165, 1.54) is 4.57 Å². The van der Waals surface area contributed by atoms with Crippen molar-refractivity contribution in [1.29, 1.82) is 0 Å². The molecule has 2 aromatic carbocycles. The summed E-state index contributed by atoms with van der Waals surface area (Å²) in [6.45, 7) is 0.0723. The van der Waals surface area contributed by atoms with Gasteiger partial charge >= 0.3 is 0 Å². The van der Waals surface area contributed by atoms with Crippen LogP contribution in [0.1, 0.15) is 16.9 Å². The van der Waals surface area contributed by atoms with Crippen LogP contribution in [0.4, 0.5) is 0 Å². The summed E-state index contributed by atoms with van der Waals surface area (Å²) in [5.41, 5.74) is 6.70. The van der Waals surface area contributed by atoms with E-state index >= 15 is 0 Å². The topological polar surface area (TPSA) is 125 Å². The number of aromatic nitrogens is 4. The molecule has 31 heavy (non-hydrogen) atoms. The molecule has 0 atom stereocenters. The van der Waals surface area contributed by atoms with Crippen LogP contribution in [0.3, 0.4) is 0 Å². The first-order valence-electron chi connectivity index (χ1n) is 9.45. The van der Waals surface area contributed by atoms with Crippen LogP contribution >= 0.6 is 12.2 Å². The second-order valence-electron chi connectivity index (χ2n) is 6.72. The standard InChI is InChI=1S/C21H18N6O3S/c28-18(10-11-27-20(30)14-8-4-5-9-15(14)22-21(27)31)25-26-19(29)17-12-16(23-24-17)13-6-2-1-3-7-13/h1-9,12H,10-11H2,(H,22,31)(H,23,24)(H,25,28)(H,26,29). The Morgan fingerprint density at radius 1 is 1.03 bits per heavy atom. The van der Waals surface area contributed by atoms with Gasteiger partial charge in [0.05, 0.1) is 16.6 Å². The number of aromatic amines is 2. The molecule has 4 rings (SSSR count). The van der Waals surface area contributed by atoms with Gasteiger partial charge in [0.2, 0.25) is 5.91 Å². The number of fused-ring (bicyclic) bond motifs is 1. The Balaban J connectivity index is 1.35. The molecule has 0 aliphatic heterocycles. The number of para-hydroxylation sites is 1. The predicted octanol–water partition coefficient (Wildman–Crippen LogP) is 2.30. The van der Waals surface area contributed by atoms with Crippen molar-refractivity contribution in [1.82, 2.24) is 30.6 Å². The number of nitrogens with zero attached hydrogens (tertiary/aromatic N) is 2. The van der Waals surface area contributed by atoms with Crippen LogP contribution in [0.25, 0.3) is 22.2 Å². The Hall–Kier alpha value is -4.05. The maximum Gasteiger partial charge on any atom is 0.287 e. The molecular weight excluding hydrogens is 416 g/mol. The number of rotatable bonds is 5. The van der Waals surface area contributed by atoms with Crippen molar-refractivity contribution in [3.05, 3.63) is 81.5 Å². The van der Waals surface area contributed by atoms with Crippen molar-refractivity contribution in [2.45, 2.75) is 13.0 Å². The Kier molecular flexibility index (Phi) is 5.72. The summed E-state index contributed by atoms with van der Waals surface area (Å²) < 4.78 is 1.55. The van der Waals surface area contributed by atoms with E-state index in [1.54, 1.807) is 30.3 Å². The van der Waals surface area contributed by atoms with Gasteiger partial charge in [-0.2, -0.15) is 5.10 Å². The van der Waals surface area contributed by atoms with Crippen molar-refractivity contribution in [3.63, 3.8) is 0 Å². The fourth-order valence-electron chi connectivity index (χ4n) is 3.07. The summed E-state index contributed by atoms with van der Waals surface area (Å²) >= 11 is 5.23. The molecule has 0 aliphatic carbocycles. The first-order valence-corrected chi connectivity index (χ1v) is 9.85. The second kappa shape index (κ2) is 8.76. The number of carbonyl (C=O) groups excluding carboxylic acids is 2. The van der Waals surface area contributed by atoms with Crippen molar-refractivity contribution >= 4 is 34.9 Å². The molecule has 2 aromatic heterocycles. The van der Waals surface area contributed by atoms with E-state index in [2.05, 4.69) is 26.0 Å². The first kappa shape index (κ1) is 20.2. The highest BCUT2D eigenvalue weighted by molar-refractivity contribution is 7.71. The lowest BCUT2D eigenvalue weighted by Gasteiger charge is -2.09. The molecule has 0 aliphatic rings. The highest BCUT2D eigenvalue weighted by atomic mass is 32.1. The molecular formula is C21H18N6O3S. The highest BCUT2D eigenvalue weighted by Gasteiger charge is 2.13.